The average molecular weight is 445 g/mol. The number of benzene rings is 2. The van der Waals surface area contributed by atoms with Crippen LogP contribution in [0.4, 0.5) is 4.39 Å². The fourth-order valence-electron chi connectivity index (χ4n) is 3.29. The third-order valence-electron chi connectivity index (χ3n) is 4.70. The zero-order valence-corrected chi connectivity index (χ0v) is 17.2. The molecule has 1 saturated heterocycles. The van der Waals surface area contributed by atoms with Gasteiger partial charge in [0, 0.05) is 17.6 Å². The Morgan fingerprint density at radius 1 is 1.21 bits per heavy atom. The highest BCUT2D eigenvalue weighted by atomic mass is 79.9. The monoisotopic (exact) mass is 444 g/mol. The molecule has 146 valence electrons. The van der Waals surface area contributed by atoms with Crippen LogP contribution in [-0.4, -0.2) is 29.8 Å². The van der Waals surface area contributed by atoms with Crippen LogP contribution in [0.25, 0.3) is 6.08 Å². The zero-order chi connectivity index (χ0) is 20.1. The van der Waals surface area contributed by atoms with E-state index >= 15 is 0 Å². The van der Waals surface area contributed by atoms with Crippen molar-refractivity contribution < 1.29 is 14.0 Å². The molecule has 1 aliphatic heterocycles. The first-order valence-electron chi connectivity index (χ1n) is 9.26. The van der Waals surface area contributed by atoms with E-state index in [4.69, 9.17) is 0 Å². The number of amides is 2. The van der Waals surface area contributed by atoms with Crippen molar-refractivity contribution in [1.82, 2.24) is 10.2 Å². The van der Waals surface area contributed by atoms with Crippen molar-refractivity contribution in [1.29, 1.82) is 0 Å². The van der Waals surface area contributed by atoms with Crippen LogP contribution < -0.4 is 5.32 Å². The molecule has 0 aliphatic carbocycles. The number of nitrogens with zero attached hydrogens (tertiary/aromatic N) is 1. The number of rotatable bonds is 4. The molecule has 1 aliphatic rings. The number of hydrogen-bond acceptors (Lipinski definition) is 2. The Kier molecular flexibility index (Phi) is 6.62. The maximum Gasteiger partial charge on any atom is 0.270 e. The van der Waals surface area contributed by atoms with Crippen molar-refractivity contribution >= 4 is 33.8 Å². The molecule has 28 heavy (non-hydrogen) atoms. The lowest BCUT2D eigenvalue weighted by atomic mass is 10.00. The van der Waals surface area contributed by atoms with Gasteiger partial charge in [-0.05, 0) is 70.6 Å². The molecule has 4 nitrogen and oxygen atoms in total. The molecule has 3 rings (SSSR count). The maximum atomic E-state index is 13.6. The minimum atomic E-state index is -0.399. The fraction of sp³-hybridized carbons (Fsp3) is 0.273. The average Bonchev–Trinajstić information content (AvgIpc) is 2.67. The Morgan fingerprint density at radius 2 is 2.00 bits per heavy atom. The summed E-state index contributed by atoms with van der Waals surface area (Å²) in [5.41, 5.74) is 1.08. The van der Waals surface area contributed by atoms with Crippen molar-refractivity contribution in [3.8, 4) is 0 Å². The minimum Gasteiger partial charge on any atom is -0.337 e. The molecule has 1 atom stereocenters. The summed E-state index contributed by atoms with van der Waals surface area (Å²) in [6, 6.07) is 12.9. The smallest absolute Gasteiger partial charge is 0.270 e. The SMILES string of the molecule is C[C@H]1CCCN(C(=O)/C(=C/c2cccc(F)c2)NC(=O)c2ccccc2Br)C1. The van der Waals surface area contributed by atoms with Gasteiger partial charge in [-0.3, -0.25) is 9.59 Å². The van der Waals surface area contributed by atoms with E-state index in [0.29, 0.717) is 34.6 Å². The van der Waals surface area contributed by atoms with Crippen molar-refractivity contribution in [3.63, 3.8) is 0 Å². The van der Waals surface area contributed by atoms with Gasteiger partial charge in [0.2, 0.25) is 0 Å². The van der Waals surface area contributed by atoms with Gasteiger partial charge in [-0.2, -0.15) is 0 Å². The van der Waals surface area contributed by atoms with Crippen LogP contribution in [0.1, 0.15) is 35.7 Å². The number of hydrogen-bond donors (Lipinski definition) is 1. The van der Waals surface area contributed by atoms with Gasteiger partial charge in [0.05, 0.1) is 5.56 Å². The van der Waals surface area contributed by atoms with Gasteiger partial charge in [0.25, 0.3) is 11.8 Å². The third-order valence-corrected chi connectivity index (χ3v) is 5.39. The van der Waals surface area contributed by atoms with Crippen molar-refractivity contribution in [2.24, 2.45) is 5.92 Å². The fourth-order valence-corrected chi connectivity index (χ4v) is 3.76. The molecule has 1 fully saturated rings. The first-order valence-corrected chi connectivity index (χ1v) is 10.1. The van der Waals surface area contributed by atoms with Crippen LogP contribution in [0.15, 0.2) is 58.7 Å². The molecule has 2 aromatic carbocycles. The Hall–Kier alpha value is -2.47. The molecule has 6 heteroatoms. The summed E-state index contributed by atoms with van der Waals surface area (Å²) in [5.74, 6) is -0.638. The summed E-state index contributed by atoms with van der Waals surface area (Å²) in [6.07, 6.45) is 3.54. The highest BCUT2D eigenvalue weighted by Gasteiger charge is 2.25. The van der Waals surface area contributed by atoms with E-state index in [9.17, 15) is 14.0 Å². The van der Waals surface area contributed by atoms with E-state index in [2.05, 4.69) is 28.2 Å². The third kappa shape index (κ3) is 5.07. The molecule has 1 heterocycles. The molecule has 0 bridgehead atoms. The van der Waals surface area contributed by atoms with Crippen LogP contribution in [-0.2, 0) is 4.79 Å². The topological polar surface area (TPSA) is 49.4 Å². The molecule has 2 amide bonds. The van der Waals surface area contributed by atoms with E-state index in [1.54, 1.807) is 35.2 Å². The first kappa shape index (κ1) is 20.3. The Bertz CT molecular complexity index is 913. The molecule has 0 unspecified atom stereocenters. The highest BCUT2D eigenvalue weighted by molar-refractivity contribution is 9.10. The molecular formula is C22H22BrFN2O2. The van der Waals surface area contributed by atoms with Crippen LogP contribution in [0.5, 0.6) is 0 Å². The van der Waals surface area contributed by atoms with E-state index < -0.39 is 11.7 Å². The van der Waals surface area contributed by atoms with E-state index in [0.717, 1.165) is 12.8 Å². The lowest BCUT2D eigenvalue weighted by Gasteiger charge is -2.31. The van der Waals surface area contributed by atoms with Gasteiger partial charge >= 0.3 is 0 Å². The van der Waals surface area contributed by atoms with E-state index in [1.165, 1.54) is 18.2 Å². The number of nitrogens with one attached hydrogen (secondary N) is 1. The van der Waals surface area contributed by atoms with Gasteiger partial charge in [0.15, 0.2) is 0 Å². The summed E-state index contributed by atoms with van der Waals surface area (Å²) < 4.78 is 14.2. The number of likely N-dealkylation sites (tertiary alicyclic amines) is 1. The predicted octanol–water partition coefficient (Wildman–Crippen LogP) is 4.62. The molecule has 0 radical (unpaired) electrons. The maximum absolute atomic E-state index is 13.6. The first-order chi connectivity index (χ1) is 13.4. The van der Waals surface area contributed by atoms with E-state index in [-0.39, 0.29) is 11.6 Å². The zero-order valence-electron chi connectivity index (χ0n) is 15.6. The standard InChI is InChI=1S/C22H22BrFN2O2/c1-15-6-5-11-26(14-15)22(28)20(13-16-7-4-8-17(24)12-16)25-21(27)18-9-2-3-10-19(18)23/h2-4,7-10,12-13,15H,5-6,11,14H2,1H3,(H,25,27)/b20-13-/t15-/m0/s1. The lowest BCUT2D eigenvalue weighted by Crippen LogP contribution is -2.43. The van der Waals surface area contributed by atoms with Crippen LogP contribution in [0.3, 0.4) is 0 Å². The molecule has 1 N–H and O–H groups in total. The minimum absolute atomic E-state index is 0.139. The molecule has 0 saturated carbocycles. The Labute approximate surface area is 172 Å². The van der Waals surface area contributed by atoms with Gasteiger partial charge in [-0.15, -0.1) is 0 Å². The second kappa shape index (κ2) is 9.15. The van der Waals surface area contributed by atoms with Gasteiger partial charge in [-0.25, -0.2) is 4.39 Å². The second-order valence-electron chi connectivity index (χ2n) is 7.05. The summed E-state index contributed by atoms with van der Waals surface area (Å²) in [7, 11) is 0. The number of halogens is 2. The normalized spacial score (nSPS) is 17.3. The van der Waals surface area contributed by atoms with Crippen LogP contribution >= 0.6 is 15.9 Å². The summed E-state index contributed by atoms with van der Waals surface area (Å²) in [4.78, 5) is 27.6. The number of piperidine rings is 1. The van der Waals surface area contributed by atoms with Crippen LogP contribution in [0, 0.1) is 11.7 Å². The molecule has 2 aromatic rings. The van der Waals surface area contributed by atoms with Crippen LogP contribution in [0.2, 0.25) is 0 Å². The van der Waals surface area contributed by atoms with Crippen molar-refractivity contribution in [2.75, 3.05) is 13.1 Å². The number of carbonyl (C=O) groups is 2. The quantitative estimate of drug-likeness (QED) is 0.699. The van der Waals surface area contributed by atoms with Gasteiger partial charge in [0.1, 0.15) is 11.5 Å². The number of carbonyl (C=O) groups excluding carboxylic acids is 2. The van der Waals surface area contributed by atoms with Gasteiger partial charge in [-0.1, -0.05) is 31.2 Å². The van der Waals surface area contributed by atoms with E-state index in [1.807, 2.05) is 6.07 Å². The predicted molar refractivity (Wildman–Crippen MR) is 111 cm³/mol. The molecule has 0 spiro atoms. The molecular weight excluding hydrogens is 423 g/mol. The van der Waals surface area contributed by atoms with Gasteiger partial charge < -0.3 is 10.2 Å². The lowest BCUT2D eigenvalue weighted by molar-refractivity contribution is -0.129. The Balaban J connectivity index is 1.91. The highest BCUT2D eigenvalue weighted by Crippen LogP contribution is 2.20. The summed E-state index contributed by atoms with van der Waals surface area (Å²) in [5, 5.41) is 2.73. The summed E-state index contributed by atoms with van der Waals surface area (Å²) in [6.45, 7) is 3.40. The largest absolute Gasteiger partial charge is 0.337 e. The summed E-state index contributed by atoms with van der Waals surface area (Å²) >= 11 is 3.36. The second-order valence-corrected chi connectivity index (χ2v) is 7.90. The van der Waals surface area contributed by atoms with Crippen molar-refractivity contribution in [2.45, 2.75) is 19.8 Å². The Morgan fingerprint density at radius 3 is 2.71 bits per heavy atom. The van der Waals surface area contributed by atoms with Crippen molar-refractivity contribution in [3.05, 3.63) is 75.6 Å². The molecule has 0 aromatic heterocycles.